The molecule has 0 fully saturated rings. The van der Waals surface area contributed by atoms with E-state index in [0.29, 0.717) is 16.4 Å². The summed E-state index contributed by atoms with van der Waals surface area (Å²) in [7, 11) is 1.57. The fraction of sp³-hybridized carbons (Fsp3) is 0.176. The molecule has 6 heteroatoms. The number of nitrogens with one attached hydrogen (secondary N) is 2. The first kappa shape index (κ1) is 16.8. The Hall–Kier alpha value is -2.60. The lowest BCUT2D eigenvalue weighted by molar-refractivity contribution is 0.412. The van der Waals surface area contributed by atoms with E-state index >= 15 is 0 Å². The number of thiocarbonyl (C=S) groups is 1. The predicted octanol–water partition coefficient (Wildman–Crippen LogP) is 2.44. The first-order valence-electron chi connectivity index (χ1n) is 7.17. The van der Waals surface area contributed by atoms with Crippen LogP contribution in [0.3, 0.4) is 0 Å². The van der Waals surface area contributed by atoms with Crippen molar-refractivity contribution in [2.45, 2.75) is 6.42 Å². The predicted molar refractivity (Wildman–Crippen MR) is 96.1 cm³/mol. The summed E-state index contributed by atoms with van der Waals surface area (Å²) in [5, 5.41) is 17.3. The molecule has 0 atom stereocenters. The zero-order valence-corrected chi connectivity index (χ0v) is 13.6. The molecule has 0 radical (unpaired) electrons. The third-order valence-electron chi connectivity index (χ3n) is 3.15. The number of hydrazone groups is 1. The molecule has 0 saturated carbocycles. The van der Waals surface area contributed by atoms with Crippen LogP contribution in [0.4, 0.5) is 0 Å². The molecule has 23 heavy (non-hydrogen) atoms. The van der Waals surface area contributed by atoms with Crippen LogP contribution < -0.4 is 15.5 Å². The molecule has 0 heterocycles. The van der Waals surface area contributed by atoms with Crippen LogP contribution >= 0.6 is 12.2 Å². The third-order valence-corrected chi connectivity index (χ3v) is 3.38. The van der Waals surface area contributed by atoms with E-state index in [-0.39, 0.29) is 5.75 Å². The lowest BCUT2D eigenvalue weighted by Gasteiger charge is -2.07. The van der Waals surface area contributed by atoms with Crippen molar-refractivity contribution in [2.24, 2.45) is 5.10 Å². The number of hydrogen-bond donors (Lipinski definition) is 3. The Morgan fingerprint density at radius 2 is 2.04 bits per heavy atom. The minimum absolute atomic E-state index is 0.124. The van der Waals surface area contributed by atoms with E-state index < -0.39 is 0 Å². The third kappa shape index (κ3) is 5.60. The lowest BCUT2D eigenvalue weighted by Crippen LogP contribution is -2.33. The molecule has 2 rings (SSSR count). The molecule has 120 valence electrons. The van der Waals surface area contributed by atoms with E-state index in [1.54, 1.807) is 25.3 Å². The van der Waals surface area contributed by atoms with Crippen molar-refractivity contribution in [2.75, 3.05) is 13.7 Å². The van der Waals surface area contributed by atoms with Crippen LogP contribution in [-0.4, -0.2) is 30.1 Å². The van der Waals surface area contributed by atoms with Crippen molar-refractivity contribution >= 4 is 23.5 Å². The highest BCUT2D eigenvalue weighted by atomic mass is 32.1. The van der Waals surface area contributed by atoms with Gasteiger partial charge in [-0.05, 0) is 42.4 Å². The summed E-state index contributed by atoms with van der Waals surface area (Å²) < 4.78 is 5.10. The molecular weight excluding hydrogens is 310 g/mol. The highest BCUT2D eigenvalue weighted by Crippen LogP contribution is 2.20. The molecule has 3 N–H and O–H groups in total. The number of hydrogen-bond acceptors (Lipinski definition) is 4. The van der Waals surface area contributed by atoms with Gasteiger partial charge in [-0.2, -0.15) is 5.10 Å². The number of aromatic hydroxyl groups is 1. The van der Waals surface area contributed by atoms with Gasteiger partial charge in [0.05, 0.1) is 13.3 Å². The van der Waals surface area contributed by atoms with E-state index in [0.717, 1.165) is 13.0 Å². The van der Waals surface area contributed by atoms with Gasteiger partial charge in [-0.3, -0.25) is 5.43 Å². The van der Waals surface area contributed by atoms with Crippen LogP contribution in [0.1, 0.15) is 11.1 Å². The number of benzene rings is 2. The van der Waals surface area contributed by atoms with Crippen molar-refractivity contribution in [3.05, 3.63) is 59.7 Å². The van der Waals surface area contributed by atoms with E-state index in [4.69, 9.17) is 17.0 Å². The number of phenols is 1. The summed E-state index contributed by atoms with van der Waals surface area (Å²) in [6.45, 7) is 0.718. The average Bonchev–Trinajstić information content (AvgIpc) is 2.57. The molecule has 0 amide bonds. The minimum Gasteiger partial charge on any atom is -0.507 e. The summed E-state index contributed by atoms with van der Waals surface area (Å²) in [6, 6.07) is 15.1. The van der Waals surface area contributed by atoms with Crippen LogP contribution in [-0.2, 0) is 6.42 Å². The largest absolute Gasteiger partial charge is 0.507 e. The van der Waals surface area contributed by atoms with Gasteiger partial charge in [0.15, 0.2) is 5.11 Å². The Balaban J connectivity index is 1.77. The first-order valence-corrected chi connectivity index (χ1v) is 7.57. The van der Waals surface area contributed by atoms with Crippen LogP contribution in [0.5, 0.6) is 11.5 Å². The maximum Gasteiger partial charge on any atom is 0.186 e. The van der Waals surface area contributed by atoms with E-state index in [2.05, 4.69) is 28.0 Å². The van der Waals surface area contributed by atoms with Gasteiger partial charge in [-0.15, -0.1) is 0 Å². The lowest BCUT2D eigenvalue weighted by atomic mass is 10.1. The average molecular weight is 329 g/mol. The van der Waals surface area contributed by atoms with E-state index in [9.17, 15) is 5.11 Å². The maximum absolute atomic E-state index is 9.74. The van der Waals surface area contributed by atoms with Crippen LogP contribution in [0.25, 0.3) is 0 Å². The number of rotatable bonds is 6. The Kier molecular flexibility index (Phi) is 6.38. The van der Waals surface area contributed by atoms with Crippen molar-refractivity contribution in [3.63, 3.8) is 0 Å². The van der Waals surface area contributed by atoms with Crippen molar-refractivity contribution < 1.29 is 9.84 Å². The Labute approximate surface area is 141 Å². The molecule has 0 spiro atoms. The number of ether oxygens (including phenoxy) is 1. The summed E-state index contributed by atoms with van der Waals surface area (Å²) >= 11 is 5.14. The molecule has 0 aromatic heterocycles. The molecule has 2 aromatic rings. The van der Waals surface area contributed by atoms with Crippen LogP contribution in [0.15, 0.2) is 53.6 Å². The van der Waals surface area contributed by atoms with Gasteiger partial charge in [0.2, 0.25) is 0 Å². The molecule has 0 aliphatic heterocycles. The Bertz CT molecular complexity index is 675. The van der Waals surface area contributed by atoms with E-state index in [1.807, 2.05) is 18.2 Å². The van der Waals surface area contributed by atoms with Gasteiger partial charge in [0, 0.05) is 12.1 Å². The van der Waals surface area contributed by atoms with Gasteiger partial charge in [-0.1, -0.05) is 30.3 Å². The molecule has 0 bridgehead atoms. The zero-order valence-electron chi connectivity index (χ0n) is 12.8. The minimum atomic E-state index is 0.124. The van der Waals surface area contributed by atoms with Gasteiger partial charge >= 0.3 is 0 Å². The van der Waals surface area contributed by atoms with Gasteiger partial charge in [0.25, 0.3) is 0 Å². The van der Waals surface area contributed by atoms with Crippen LogP contribution in [0.2, 0.25) is 0 Å². The molecule has 2 aromatic carbocycles. The first-order chi connectivity index (χ1) is 11.2. The fourth-order valence-electron chi connectivity index (χ4n) is 1.93. The summed E-state index contributed by atoms with van der Waals surface area (Å²) in [6.07, 6.45) is 2.37. The van der Waals surface area contributed by atoms with Gasteiger partial charge in [-0.25, -0.2) is 0 Å². The smallest absolute Gasteiger partial charge is 0.186 e. The number of phenolic OH excluding ortho intramolecular Hbond substituents is 1. The summed E-state index contributed by atoms with van der Waals surface area (Å²) in [5.41, 5.74) is 4.51. The molecule has 0 aliphatic carbocycles. The number of methoxy groups -OCH3 is 1. The highest BCUT2D eigenvalue weighted by Gasteiger charge is 2.00. The van der Waals surface area contributed by atoms with Crippen molar-refractivity contribution in [3.8, 4) is 11.5 Å². The quantitative estimate of drug-likeness (QED) is 0.432. The molecular formula is C17H19N3O2S. The van der Waals surface area contributed by atoms with Gasteiger partial charge < -0.3 is 15.2 Å². The topological polar surface area (TPSA) is 65.9 Å². The molecule has 5 nitrogen and oxygen atoms in total. The molecule has 0 aliphatic rings. The Morgan fingerprint density at radius 1 is 1.26 bits per heavy atom. The highest BCUT2D eigenvalue weighted by molar-refractivity contribution is 7.80. The van der Waals surface area contributed by atoms with Gasteiger partial charge in [0.1, 0.15) is 11.5 Å². The normalized spacial score (nSPS) is 10.5. The monoisotopic (exact) mass is 329 g/mol. The number of nitrogens with zero attached hydrogens (tertiary/aromatic N) is 1. The maximum atomic E-state index is 9.74. The van der Waals surface area contributed by atoms with Crippen LogP contribution in [0, 0.1) is 0 Å². The fourth-order valence-corrected chi connectivity index (χ4v) is 2.08. The second-order valence-corrected chi connectivity index (χ2v) is 5.19. The van der Waals surface area contributed by atoms with E-state index in [1.165, 1.54) is 11.8 Å². The summed E-state index contributed by atoms with van der Waals surface area (Å²) in [4.78, 5) is 0. The molecule has 0 saturated heterocycles. The second-order valence-electron chi connectivity index (χ2n) is 4.79. The summed E-state index contributed by atoms with van der Waals surface area (Å²) in [5.74, 6) is 0.770. The SMILES string of the molecule is COc1ccc(O)c(C=NNC(=S)NCCc2ccccc2)c1. The Morgan fingerprint density at radius 3 is 2.78 bits per heavy atom. The standard InChI is InChI=1S/C17H19N3O2S/c1-22-15-7-8-16(21)14(11-15)12-19-20-17(23)18-10-9-13-5-3-2-4-6-13/h2-8,11-12,21H,9-10H2,1H3,(H2,18,20,23). The molecule has 0 unspecified atom stereocenters. The van der Waals surface area contributed by atoms with Crippen molar-refractivity contribution in [1.82, 2.24) is 10.7 Å². The zero-order chi connectivity index (χ0) is 16.5. The second kappa shape index (κ2) is 8.75. The van der Waals surface area contributed by atoms with Crippen molar-refractivity contribution in [1.29, 1.82) is 0 Å².